The Hall–Kier alpha value is -2.94. The maximum atomic E-state index is 13.5. The van der Waals surface area contributed by atoms with E-state index in [4.69, 9.17) is 0 Å². The molecule has 2 aromatic rings. The molecule has 2 amide bonds. The number of nitriles is 1. The molecule has 0 bridgehead atoms. The van der Waals surface area contributed by atoms with Crippen LogP contribution in [-0.4, -0.2) is 61.7 Å². The highest BCUT2D eigenvalue weighted by Gasteiger charge is 2.34. The van der Waals surface area contributed by atoms with Crippen LogP contribution >= 0.6 is 0 Å². The summed E-state index contributed by atoms with van der Waals surface area (Å²) in [6, 6.07) is 10.4. The van der Waals surface area contributed by atoms with E-state index in [0.717, 1.165) is 23.7 Å². The number of hydrogen-bond donors (Lipinski definition) is 3. The Morgan fingerprint density at radius 2 is 1.89 bits per heavy atom. The van der Waals surface area contributed by atoms with E-state index in [0.29, 0.717) is 25.0 Å². The normalized spacial score (nSPS) is 19.1. The fraction of sp³-hybridized carbons (Fsp3) is 0.577. The van der Waals surface area contributed by atoms with Gasteiger partial charge in [0.2, 0.25) is 15.9 Å². The summed E-state index contributed by atoms with van der Waals surface area (Å²) < 4.78 is 26.6. The summed E-state index contributed by atoms with van der Waals surface area (Å²) in [5.41, 5.74) is 1.11. The first-order valence-electron chi connectivity index (χ1n) is 12.8. The monoisotopic (exact) mass is 530 g/mol. The van der Waals surface area contributed by atoms with Gasteiger partial charge in [-0.2, -0.15) is 5.26 Å². The lowest BCUT2D eigenvalue weighted by Gasteiger charge is -2.32. The molecule has 1 aliphatic rings. The van der Waals surface area contributed by atoms with E-state index in [1.54, 1.807) is 24.7 Å². The molecule has 1 heterocycles. The van der Waals surface area contributed by atoms with Gasteiger partial charge in [0.15, 0.2) is 0 Å². The Balaban J connectivity index is 1.80. The van der Waals surface area contributed by atoms with Crippen molar-refractivity contribution in [3.8, 4) is 6.07 Å². The van der Waals surface area contributed by atoms with Gasteiger partial charge in [0.25, 0.3) is 5.91 Å². The minimum atomic E-state index is -3.59. The van der Waals surface area contributed by atoms with Gasteiger partial charge >= 0.3 is 0 Å². The van der Waals surface area contributed by atoms with Crippen LogP contribution in [-0.2, 0) is 21.4 Å². The number of nitrogens with zero attached hydrogens (tertiary/aromatic N) is 3. The number of amides is 2. The van der Waals surface area contributed by atoms with Crippen molar-refractivity contribution < 1.29 is 18.0 Å². The minimum absolute atomic E-state index is 0.0904. The third-order valence-corrected chi connectivity index (χ3v) is 7.91. The van der Waals surface area contributed by atoms with Gasteiger partial charge in [-0.1, -0.05) is 44.9 Å². The molecular formula is C26H38N6O4S. The minimum Gasteiger partial charge on any atom is -0.347 e. The van der Waals surface area contributed by atoms with Crippen molar-refractivity contribution in [2.75, 3.05) is 19.8 Å². The number of aromatic nitrogens is 1. The molecule has 0 radical (unpaired) electrons. The number of fused-ring (bicyclic) bond motifs is 1. The summed E-state index contributed by atoms with van der Waals surface area (Å²) in [6.45, 7) is 4.09. The average molecular weight is 531 g/mol. The summed E-state index contributed by atoms with van der Waals surface area (Å²) in [4.78, 5) is 29.0. The van der Waals surface area contributed by atoms with Crippen LogP contribution in [0, 0.1) is 23.2 Å². The quantitative estimate of drug-likeness (QED) is 0.382. The molecule has 202 valence electrons. The van der Waals surface area contributed by atoms with Crippen LogP contribution < -0.4 is 15.5 Å². The van der Waals surface area contributed by atoms with Gasteiger partial charge in [-0.05, 0) is 37.3 Å². The summed E-state index contributed by atoms with van der Waals surface area (Å²) in [6.07, 6.45) is 3.63. The number of rotatable bonds is 11. The zero-order chi connectivity index (χ0) is 27.2. The van der Waals surface area contributed by atoms with Crippen LogP contribution in [0.2, 0.25) is 0 Å². The molecule has 1 aromatic heterocycles. The standard InChI is InChI=1S/C26H38N6O4S/c1-18(2)15-20(17-27)28-25(33)21-10-6-7-11-22(21)29-26(34)24-16-19-9-5-8-12-23(19)32(24)13-14-37(35,36)30-31(3)4/h5,8-9,12,16,18,20-22,30H,6-7,10-11,13-15H2,1-4H3,(H,28,33)(H,29,34)/t20-,21+,22-/m0/s1. The molecule has 11 heteroatoms. The molecule has 0 saturated heterocycles. The van der Waals surface area contributed by atoms with Gasteiger partial charge in [0.1, 0.15) is 11.7 Å². The number of sulfonamides is 1. The largest absolute Gasteiger partial charge is 0.347 e. The number of carbonyl (C=O) groups excluding carboxylic acids is 2. The van der Waals surface area contributed by atoms with Crippen LogP contribution in [0.15, 0.2) is 30.3 Å². The van der Waals surface area contributed by atoms with Gasteiger partial charge in [0.05, 0.1) is 17.7 Å². The van der Waals surface area contributed by atoms with Crippen LogP contribution in [0.1, 0.15) is 56.4 Å². The molecule has 3 atom stereocenters. The zero-order valence-corrected chi connectivity index (χ0v) is 22.8. The SMILES string of the molecule is CC(C)C[C@@H](C#N)NC(=O)[C@@H]1CCCC[C@@H]1NC(=O)c1cc2ccccc2n1CCS(=O)(=O)NN(C)C. The average Bonchev–Trinajstić information content (AvgIpc) is 3.20. The first-order valence-corrected chi connectivity index (χ1v) is 14.4. The summed E-state index contributed by atoms with van der Waals surface area (Å²) in [5, 5.41) is 17.6. The number of para-hydroxylation sites is 1. The van der Waals surface area contributed by atoms with E-state index >= 15 is 0 Å². The third-order valence-electron chi connectivity index (χ3n) is 6.55. The molecule has 3 rings (SSSR count). The summed E-state index contributed by atoms with van der Waals surface area (Å²) in [5.74, 6) is -0.922. The Morgan fingerprint density at radius 3 is 2.57 bits per heavy atom. The molecule has 0 unspecified atom stereocenters. The number of aryl methyl sites for hydroxylation is 1. The van der Waals surface area contributed by atoms with Crippen LogP contribution in [0.3, 0.4) is 0 Å². The lowest BCUT2D eigenvalue weighted by Crippen LogP contribution is -2.50. The predicted octanol–water partition coefficient (Wildman–Crippen LogP) is 2.38. The van der Waals surface area contributed by atoms with E-state index in [2.05, 4.69) is 21.5 Å². The highest BCUT2D eigenvalue weighted by Crippen LogP contribution is 2.26. The van der Waals surface area contributed by atoms with Gasteiger partial charge in [-0.25, -0.2) is 13.4 Å². The number of hydrogen-bond acceptors (Lipinski definition) is 6. The van der Waals surface area contributed by atoms with E-state index < -0.39 is 22.0 Å². The molecule has 0 aliphatic heterocycles. The molecule has 0 spiro atoms. The lowest BCUT2D eigenvalue weighted by molar-refractivity contribution is -0.127. The second kappa shape index (κ2) is 12.5. The Labute approximate surface area is 219 Å². The first kappa shape index (κ1) is 28.6. The number of benzene rings is 1. The molecule has 3 N–H and O–H groups in total. The smallest absolute Gasteiger partial charge is 0.268 e. The van der Waals surface area contributed by atoms with E-state index in [1.165, 1.54) is 5.01 Å². The van der Waals surface area contributed by atoms with Crippen LogP contribution in [0.5, 0.6) is 0 Å². The van der Waals surface area contributed by atoms with Crippen molar-refractivity contribution in [2.24, 2.45) is 11.8 Å². The highest BCUT2D eigenvalue weighted by atomic mass is 32.2. The second-order valence-electron chi connectivity index (χ2n) is 10.3. The van der Waals surface area contributed by atoms with Crippen LogP contribution in [0.4, 0.5) is 0 Å². The van der Waals surface area contributed by atoms with Gasteiger partial charge in [-0.3, -0.25) is 9.59 Å². The molecule has 1 saturated carbocycles. The zero-order valence-electron chi connectivity index (χ0n) is 22.0. The van der Waals surface area contributed by atoms with Crippen molar-refractivity contribution in [3.05, 3.63) is 36.0 Å². The van der Waals surface area contributed by atoms with Gasteiger partial charge in [0, 0.05) is 37.6 Å². The fourth-order valence-electron chi connectivity index (χ4n) is 4.93. The van der Waals surface area contributed by atoms with E-state index in [9.17, 15) is 23.3 Å². The number of hydrazine groups is 1. The molecule has 1 aromatic carbocycles. The second-order valence-corrected chi connectivity index (χ2v) is 12.2. The Kier molecular flexibility index (Phi) is 9.70. The molecule has 37 heavy (non-hydrogen) atoms. The fourth-order valence-corrected chi connectivity index (χ4v) is 6.00. The summed E-state index contributed by atoms with van der Waals surface area (Å²) >= 11 is 0. The van der Waals surface area contributed by atoms with Crippen molar-refractivity contribution in [1.29, 1.82) is 5.26 Å². The van der Waals surface area contributed by atoms with Crippen molar-refractivity contribution >= 4 is 32.7 Å². The van der Waals surface area contributed by atoms with E-state index in [1.807, 2.05) is 38.1 Å². The first-order chi connectivity index (χ1) is 17.5. The molecular weight excluding hydrogens is 492 g/mol. The molecule has 1 fully saturated rings. The maximum absolute atomic E-state index is 13.5. The van der Waals surface area contributed by atoms with Crippen molar-refractivity contribution in [3.63, 3.8) is 0 Å². The number of nitrogens with one attached hydrogen (secondary N) is 3. The van der Waals surface area contributed by atoms with Gasteiger partial charge < -0.3 is 15.2 Å². The van der Waals surface area contributed by atoms with Crippen molar-refractivity contribution in [1.82, 2.24) is 25.0 Å². The van der Waals surface area contributed by atoms with Crippen LogP contribution in [0.25, 0.3) is 10.9 Å². The lowest BCUT2D eigenvalue weighted by atomic mass is 9.83. The number of carbonyl (C=O) groups is 2. The molecule has 10 nitrogen and oxygen atoms in total. The third kappa shape index (κ3) is 7.77. The Bertz CT molecular complexity index is 1250. The van der Waals surface area contributed by atoms with E-state index in [-0.39, 0.29) is 36.1 Å². The summed E-state index contributed by atoms with van der Waals surface area (Å²) in [7, 11) is -0.400. The maximum Gasteiger partial charge on any atom is 0.268 e. The predicted molar refractivity (Wildman–Crippen MR) is 143 cm³/mol. The highest BCUT2D eigenvalue weighted by molar-refractivity contribution is 7.89. The Morgan fingerprint density at radius 1 is 1.19 bits per heavy atom. The van der Waals surface area contributed by atoms with Gasteiger partial charge in [-0.15, -0.1) is 4.83 Å². The van der Waals surface area contributed by atoms with Crippen molar-refractivity contribution in [2.45, 2.75) is 64.6 Å². The topological polar surface area (TPSA) is 136 Å². The molecule has 1 aliphatic carbocycles.